The molecule has 2 rings (SSSR count). The topological polar surface area (TPSA) is 68.2 Å². The van der Waals surface area contributed by atoms with Crippen molar-refractivity contribution in [3.05, 3.63) is 41.7 Å². The predicted octanol–water partition coefficient (Wildman–Crippen LogP) is 2.10. The first kappa shape index (κ1) is 14.9. The Morgan fingerprint density at radius 1 is 1.38 bits per heavy atom. The van der Waals surface area contributed by atoms with Gasteiger partial charge in [-0.1, -0.05) is 0 Å². The van der Waals surface area contributed by atoms with Gasteiger partial charge in [0.2, 0.25) is 0 Å². The number of hydrogen-bond acceptors (Lipinski definition) is 3. The number of amides is 2. The Kier molecular flexibility index (Phi) is 4.81. The van der Waals surface area contributed by atoms with Gasteiger partial charge in [0.25, 0.3) is 0 Å². The second kappa shape index (κ2) is 6.78. The fraction of sp³-hybridized carbons (Fsp3) is 0.333. The molecule has 0 aliphatic heterocycles. The van der Waals surface area contributed by atoms with E-state index < -0.39 is 0 Å². The predicted molar refractivity (Wildman–Crippen MR) is 81.7 cm³/mol. The Balaban J connectivity index is 1.82. The Morgan fingerprint density at radius 2 is 2.19 bits per heavy atom. The molecule has 0 aliphatic carbocycles. The largest absolute Gasteiger partial charge is 0.496 e. The zero-order valence-electron chi connectivity index (χ0n) is 12.5. The molecule has 0 bridgehead atoms. The van der Waals surface area contributed by atoms with Gasteiger partial charge in [-0.2, -0.15) is 5.10 Å². The lowest BCUT2D eigenvalue weighted by molar-refractivity contribution is 0.252. The van der Waals surface area contributed by atoms with Gasteiger partial charge in [0.15, 0.2) is 0 Å². The van der Waals surface area contributed by atoms with E-state index in [4.69, 9.17) is 4.74 Å². The monoisotopic (exact) mass is 288 g/mol. The van der Waals surface area contributed by atoms with Crippen LogP contribution in [0, 0.1) is 6.92 Å². The molecule has 0 spiro atoms. The number of carbonyl (C=O) groups excluding carboxylic acids is 1. The highest BCUT2D eigenvalue weighted by atomic mass is 16.5. The van der Waals surface area contributed by atoms with Crippen molar-refractivity contribution in [1.82, 2.24) is 15.1 Å². The summed E-state index contributed by atoms with van der Waals surface area (Å²) in [7, 11) is 3.51. The van der Waals surface area contributed by atoms with Crippen LogP contribution in [0.25, 0.3) is 0 Å². The second-order valence-corrected chi connectivity index (χ2v) is 4.76. The molecule has 1 aromatic heterocycles. The molecule has 0 atom stereocenters. The Morgan fingerprint density at radius 3 is 2.81 bits per heavy atom. The first-order valence-corrected chi connectivity index (χ1v) is 6.76. The SMILES string of the molecule is COc1ccc(NC(=O)NCCc2ccnn2C)cc1C. The van der Waals surface area contributed by atoms with Crippen LogP contribution in [0.2, 0.25) is 0 Å². The van der Waals surface area contributed by atoms with Gasteiger partial charge in [-0.25, -0.2) is 4.79 Å². The van der Waals surface area contributed by atoms with Crippen molar-refractivity contribution in [2.75, 3.05) is 19.0 Å². The molecule has 6 heteroatoms. The lowest BCUT2D eigenvalue weighted by Crippen LogP contribution is -2.30. The summed E-state index contributed by atoms with van der Waals surface area (Å²) in [5.41, 5.74) is 2.80. The summed E-state index contributed by atoms with van der Waals surface area (Å²) in [5.74, 6) is 0.803. The molecule has 2 aromatic rings. The summed E-state index contributed by atoms with van der Waals surface area (Å²) < 4.78 is 6.98. The van der Waals surface area contributed by atoms with E-state index in [-0.39, 0.29) is 6.03 Å². The zero-order valence-corrected chi connectivity index (χ0v) is 12.5. The van der Waals surface area contributed by atoms with Crippen LogP contribution in [0.5, 0.6) is 5.75 Å². The molecule has 0 fully saturated rings. The van der Waals surface area contributed by atoms with Crippen LogP contribution in [-0.2, 0) is 13.5 Å². The lowest BCUT2D eigenvalue weighted by Gasteiger charge is -2.10. The van der Waals surface area contributed by atoms with Gasteiger partial charge >= 0.3 is 6.03 Å². The van der Waals surface area contributed by atoms with Crippen LogP contribution in [0.15, 0.2) is 30.5 Å². The number of carbonyl (C=O) groups is 1. The molecule has 112 valence electrons. The van der Waals surface area contributed by atoms with Crippen LogP contribution >= 0.6 is 0 Å². The molecule has 2 amide bonds. The van der Waals surface area contributed by atoms with Gasteiger partial charge in [-0.15, -0.1) is 0 Å². The van der Waals surface area contributed by atoms with Crippen molar-refractivity contribution in [1.29, 1.82) is 0 Å². The second-order valence-electron chi connectivity index (χ2n) is 4.76. The van der Waals surface area contributed by atoms with Gasteiger partial charge in [-0.3, -0.25) is 4.68 Å². The maximum atomic E-state index is 11.8. The Labute approximate surface area is 124 Å². The van der Waals surface area contributed by atoms with E-state index in [1.807, 2.05) is 38.2 Å². The molecule has 0 unspecified atom stereocenters. The lowest BCUT2D eigenvalue weighted by atomic mass is 10.2. The number of ether oxygens (including phenoxy) is 1. The van der Waals surface area contributed by atoms with Crippen LogP contribution < -0.4 is 15.4 Å². The third kappa shape index (κ3) is 3.98. The summed E-state index contributed by atoms with van der Waals surface area (Å²) in [4.78, 5) is 11.8. The van der Waals surface area contributed by atoms with Gasteiger partial charge in [0.1, 0.15) is 5.75 Å². The van der Waals surface area contributed by atoms with Gasteiger partial charge < -0.3 is 15.4 Å². The standard InChI is InChI=1S/C15H20N4O2/c1-11-10-12(4-5-14(11)21-3)18-15(20)16-8-6-13-7-9-17-19(13)2/h4-5,7,9-10H,6,8H2,1-3H3,(H2,16,18,20). The van der Waals surface area contributed by atoms with Gasteiger partial charge in [0, 0.05) is 37.6 Å². The van der Waals surface area contributed by atoms with Crippen molar-refractivity contribution in [2.24, 2.45) is 7.05 Å². The number of rotatable bonds is 5. The van der Waals surface area contributed by atoms with E-state index in [1.54, 1.807) is 18.0 Å². The molecule has 1 aromatic carbocycles. The Hall–Kier alpha value is -2.50. The average Bonchev–Trinajstić information content (AvgIpc) is 2.85. The van der Waals surface area contributed by atoms with Crippen molar-refractivity contribution < 1.29 is 9.53 Å². The molecule has 21 heavy (non-hydrogen) atoms. The zero-order chi connectivity index (χ0) is 15.2. The number of methoxy groups -OCH3 is 1. The van der Waals surface area contributed by atoms with Crippen molar-refractivity contribution in [3.63, 3.8) is 0 Å². The highest BCUT2D eigenvalue weighted by Gasteiger charge is 2.05. The van der Waals surface area contributed by atoms with E-state index in [2.05, 4.69) is 15.7 Å². The molecule has 2 N–H and O–H groups in total. The summed E-state index contributed by atoms with van der Waals surface area (Å²) >= 11 is 0. The third-order valence-corrected chi connectivity index (χ3v) is 3.24. The van der Waals surface area contributed by atoms with E-state index >= 15 is 0 Å². The number of benzene rings is 1. The van der Waals surface area contributed by atoms with E-state index in [1.165, 1.54) is 0 Å². The minimum absolute atomic E-state index is 0.221. The van der Waals surface area contributed by atoms with E-state index in [0.29, 0.717) is 6.54 Å². The average molecular weight is 288 g/mol. The van der Waals surface area contributed by atoms with E-state index in [0.717, 1.165) is 29.1 Å². The fourth-order valence-electron chi connectivity index (χ4n) is 2.08. The van der Waals surface area contributed by atoms with E-state index in [9.17, 15) is 4.79 Å². The molecule has 0 aliphatic rings. The molecule has 0 radical (unpaired) electrons. The molecule has 0 saturated carbocycles. The molecule has 6 nitrogen and oxygen atoms in total. The maximum absolute atomic E-state index is 11.8. The first-order chi connectivity index (χ1) is 10.1. The van der Waals surface area contributed by atoms with Gasteiger partial charge in [-0.05, 0) is 36.8 Å². The van der Waals surface area contributed by atoms with Crippen molar-refractivity contribution in [3.8, 4) is 5.75 Å². The Bertz CT molecular complexity index is 622. The molecule has 1 heterocycles. The number of nitrogens with one attached hydrogen (secondary N) is 2. The quantitative estimate of drug-likeness (QED) is 0.885. The number of aryl methyl sites for hydroxylation is 2. The first-order valence-electron chi connectivity index (χ1n) is 6.76. The molecule has 0 saturated heterocycles. The molecular formula is C15H20N4O2. The number of anilines is 1. The minimum Gasteiger partial charge on any atom is -0.496 e. The van der Waals surface area contributed by atoms with Crippen molar-refractivity contribution >= 4 is 11.7 Å². The van der Waals surface area contributed by atoms with Crippen LogP contribution in [0.4, 0.5) is 10.5 Å². The van der Waals surface area contributed by atoms with Crippen LogP contribution in [-0.4, -0.2) is 29.5 Å². The van der Waals surface area contributed by atoms with Crippen molar-refractivity contribution in [2.45, 2.75) is 13.3 Å². The number of urea groups is 1. The number of nitrogens with zero attached hydrogens (tertiary/aromatic N) is 2. The number of aromatic nitrogens is 2. The summed E-state index contributed by atoms with van der Waals surface area (Å²) in [6.07, 6.45) is 2.49. The summed E-state index contributed by atoms with van der Waals surface area (Å²) in [5, 5.41) is 9.71. The van der Waals surface area contributed by atoms with Crippen LogP contribution in [0.3, 0.4) is 0 Å². The fourth-order valence-corrected chi connectivity index (χ4v) is 2.08. The highest BCUT2D eigenvalue weighted by Crippen LogP contribution is 2.21. The number of hydrogen-bond donors (Lipinski definition) is 2. The van der Waals surface area contributed by atoms with Gasteiger partial charge in [0.05, 0.1) is 7.11 Å². The normalized spacial score (nSPS) is 10.2. The smallest absolute Gasteiger partial charge is 0.319 e. The highest BCUT2D eigenvalue weighted by molar-refractivity contribution is 5.89. The van der Waals surface area contributed by atoms with Crippen LogP contribution in [0.1, 0.15) is 11.3 Å². The third-order valence-electron chi connectivity index (χ3n) is 3.24. The summed E-state index contributed by atoms with van der Waals surface area (Å²) in [6, 6.07) is 7.24. The summed E-state index contributed by atoms with van der Waals surface area (Å²) in [6.45, 7) is 2.49. The maximum Gasteiger partial charge on any atom is 0.319 e. The minimum atomic E-state index is -0.221. The molecular weight excluding hydrogens is 268 g/mol.